The van der Waals surface area contributed by atoms with Crippen LogP contribution in [0.5, 0.6) is 11.5 Å². The highest BCUT2D eigenvalue weighted by Crippen LogP contribution is 2.32. The van der Waals surface area contributed by atoms with Crippen LogP contribution >= 0.6 is 23.2 Å². The molecule has 0 aliphatic rings. The van der Waals surface area contributed by atoms with E-state index in [0.717, 1.165) is 12.1 Å². The standard InChI is InChI=1S/C24H17Cl2F3N4O7/c1-10-6-7-13(31-20(35)14-8-12(25)18(34)19(26)30-14)16-17(10)32-22(23(37,38)39)33(21(16)36)9-11-4-2-3-5-15(11)40-24(27,28)29/h2-8,34,37-39H,9H2,1H3,(H,31,35). The second-order valence-electron chi connectivity index (χ2n) is 8.35. The highest BCUT2D eigenvalue weighted by Gasteiger charge is 2.34. The third-order valence-electron chi connectivity index (χ3n) is 5.52. The van der Waals surface area contributed by atoms with Gasteiger partial charge < -0.3 is 30.5 Å². The van der Waals surface area contributed by atoms with Gasteiger partial charge in [-0.05, 0) is 30.7 Å². The Balaban J connectivity index is 1.90. The molecule has 0 spiro atoms. The molecule has 2 aromatic carbocycles. The molecule has 0 bridgehead atoms. The van der Waals surface area contributed by atoms with Crippen LogP contribution in [0.4, 0.5) is 18.9 Å². The maximum Gasteiger partial charge on any atom is 0.573 e. The number of halogens is 5. The lowest BCUT2D eigenvalue weighted by atomic mass is 10.1. The number of carbonyl (C=O) groups excluding carboxylic acids is 1. The first-order valence-corrected chi connectivity index (χ1v) is 11.7. The number of alkyl halides is 3. The number of rotatable bonds is 6. The average molecular weight is 601 g/mol. The third kappa shape index (κ3) is 5.95. The molecule has 0 atom stereocenters. The number of para-hydroxylation sites is 1. The van der Waals surface area contributed by atoms with Crippen molar-refractivity contribution in [2.75, 3.05) is 5.32 Å². The molecule has 0 unspecified atom stereocenters. The molecule has 11 nitrogen and oxygen atoms in total. The average Bonchev–Trinajstić information content (AvgIpc) is 2.84. The van der Waals surface area contributed by atoms with Gasteiger partial charge in [-0.2, -0.15) is 0 Å². The van der Waals surface area contributed by atoms with Gasteiger partial charge in [0.05, 0.1) is 28.2 Å². The summed E-state index contributed by atoms with van der Waals surface area (Å²) < 4.78 is 43.4. The van der Waals surface area contributed by atoms with Crippen LogP contribution in [0, 0.1) is 6.92 Å². The lowest BCUT2D eigenvalue weighted by molar-refractivity contribution is -0.330. The molecular formula is C24H17Cl2F3N4O7. The molecule has 0 aliphatic carbocycles. The first-order chi connectivity index (χ1) is 18.6. The highest BCUT2D eigenvalue weighted by atomic mass is 35.5. The van der Waals surface area contributed by atoms with Crippen LogP contribution < -0.4 is 15.6 Å². The summed E-state index contributed by atoms with van der Waals surface area (Å²) in [6.07, 6.45) is -5.08. The Bertz CT molecular complexity index is 1680. The zero-order valence-corrected chi connectivity index (χ0v) is 21.5. The van der Waals surface area contributed by atoms with Crippen molar-refractivity contribution in [1.82, 2.24) is 14.5 Å². The van der Waals surface area contributed by atoms with Gasteiger partial charge in [0.25, 0.3) is 11.5 Å². The number of ether oxygens (including phenoxy) is 1. The number of aromatic nitrogens is 3. The molecule has 0 fully saturated rings. The topological polar surface area (TPSA) is 167 Å². The Morgan fingerprint density at radius 2 is 1.77 bits per heavy atom. The molecule has 0 saturated carbocycles. The fourth-order valence-corrected chi connectivity index (χ4v) is 4.20. The summed E-state index contributed by atoms with van der Waals surface area (Å²) in [6.45, 7) is 0.731. The summed E-state index contributed by atoms with van der Waals surface area (Å²) in [5, 5.41) is 41.0. The van der Waals surface area contributed by atoms with Crippen LogP contribution in [0.1, 0.15) is 27.4 Å². The molecule has 210 valence electrons. The second kappa shape index (κ2) is 10.6. The maximum absolute atomic E-state index is 13.7. The van der Waals surface area contributed by atoms with Gasteiger partial charge in [0.2, 0.25) is 5.82 Å². The van der Waals surface area contributed by atoms with Crippen molar-refractivity contribution in [3.8, 4) is 11.5 Å². The largest absolute Gasteiger partial charge is 0.573 e. The van der Waals surface area contributed by atoms with E-state index in [1.807, 2.05) is 0 Å². The number of aromatic hydroxyl groups is 1. The van der Waals surface area contributed by atoms with E-state index < -0.39 is 52.8 Å². The number of carbonyl (C=O) groups is 1. The van der Waals surface area contributed by atoms with Gasteiger partial charge in [-0.25, -0.2) is 9.97 Å². The molecule has 0 radical (unpaired) electrons. The molecule has 4 aromatic rings. The number of amides is 1. The van der Waals surface area contributed by atoms with Gasteiger partial charge in [0, 0.05) is 5.56 Å². The number of hydrogen-bond acceptors (Lipinski definition) is 9. The van der Waals surface area contributed by atoms with E-state index in [0.29, 0.717) is 10.1 Å². The van der Waals surface area contributed by atoms with E-state index in [-0.39, 0.29) is 32.9 Å². The number of nitrogens with zero attached hydrogens (tertiary/aromatic N) is 3. The number of aryl methyl sites for hydroxylation is 1. The Morgan fingerprint density at radius 3 is 2.40 bits per heavy atom. The molecule has 4 rings (SSSR count). The third-order valence-corrected chi connectivity index (χ3v) is 6.07. The molecule has 2 aromatic heterocycles. The predicted molar refractivity (Wildman–Crippen MR) is 135 cm³/mol. The quantitative estimate of drug-likeness (QED) is 0.164. The first kappa shape index (κ1) is 29.0. The van der Waals surface area contributed by atoms with Crippen molar-refractivity contribution in [1.29, 1.82) is 0 Å². The fourth-order valence-electron chi connectivity index (χ4n) is 3.77. The minimum atomic E-state index is -5.08. The lowest BCUT2D eigenvalue weighted by Gasteiger charge is -2.22. The molecular weight excluding hydrogens is 584 g/mol. The van der Waals surface area contributed by atoms with Crippen LogP contribution in [0.3, 0.4) is 0 Å². The van der Waals surface area contributed by atoms with Gasteiger partial charge in [-0.15, -0.1) is 13.2 Å². The maximum atomic E-state index is 13.7. The van der Waals surface area contributed by atoms with Crippen molar-refractivity contribution in [3.63, 3.8) is 0 Å². The Hall–Kier alpha value is -3.95. The van der Waals surface area contributed by atoms with Gasteiger partial charge in [0.15, 0.2) is 10.9 Å². The zero-order chi connectivity index (χ0) is 29.6. The van der Waals surface area contributed by atoms with Crippen LogP contribution in [-0.4, -0.2) is 47.2 Å². The van der Waals surface area contributed by atoms with Gasteiger partial charge >= 0.3 is 12.3 Å². The number of nitrogens with one attached hydrogen (secondary N) is 1. The Labute approximate surface area is 231 Å². The summed E-state index contributed by atoms with van der Waals surface area (Å²) in [6, 6.07) is 8.49. The predicted octanol–water partition coefficient (Wildman–Crippen LogP) is 3.40. The summed E-state index contributed by atoms with van der Waals surface area (Å²) >= 11 is 11.6. The van der Waals surface area contributed by atoms with Crippen molar-refractivity contribution in [2.24, 2.45) is 0 Å². The molecule has 0 aliphatic heterocycles. The van der Waals surface area contributed by atoms with E-state index in [4.69, 9.17) is 23.2 Å². The van der Waals surface area contributed by atoms with Crippen molar-refractivity contribution < 1.29 is 43.1 Å². The number of benzene rings is 2. The minimum absolute atomic E-state index is 0.162. The Kier molecular flexibility index (Phi) is 7.66. The molecule has 40 heavy (non-hydrogen) atoms. The van der Waals surface area contributed by atoms with Crippen LogP contribution in [0.25, 0.3) is 10.9 Å². The summed E-state index contributed by atoms with van der Waals surface area (Å²) in [5.41, 5.74) is -1.68. The zero-order valence-electron chi connectivity index (χ0n) is 20.0. The number of pyridine rings is 1. The van der Waals surface area contributed by atoms with Gasteiger partial charge in [-0.1, -0.05) is 47.5 Å². The van der Waals surface area contributed by atoms with Gasteiger partial charge in [-0.3, -0.25) is 14.2 Å². The smallest absolute Gasteiger partial charge is 0.504 e. The summed E-state index contributed by atoms with van der Waals surface area (Å²) in [7, 11) is 0. The van der Waals surface area contributed by atoms with E-state index in [9.17, 15) is 43.2 Å². The molecule has 2 heterocycles. The van der Waals surface area contributed by atoms with Crippen molar-refractivity contribution in [2.45, 2.75) is 25.8 Å². The van der Waals surface area contributed by atoms with Crippen LogP contribution in [0.2, 0.25) is 10.2 Å². The van der Waals surface area contributed by atoms with E-state index in [2.05, 4.69) is 20.0 Å². The molecule has 5 N–H and O–H groups in total. The number of aliphatic hydroxyl groups is 3. The SMILES string of the molecule is Cc1ccc(NC(=O)c2cc(Cl)c(O)c(Cl)n2)c2c(=O)n(Cc3ccccc3OC(F)(F)F)c(C(O)(O)O)nc12. The van der Waals surface area contributed by atoms with E-state index >= 15 is 0 Å². The molecule has 0 saturated heterocycles. The lowest BCUT2D eigenvalue weighted by Crippen LogP contribution is -2.37. The summed E-state index contributed by atoms with van der Waals surface area (Å²) in [5.74, 6) is -6.89. The molecule has 1 amide bonds. The van der Waals surface area contributed by atoms with Crippen LogP contribution in [0.15, 0.2) is 47.3 Å². The fraction of sp³-hybridized carbons (Fsp3) is 0.167. The highest BCUT2D eigenvalue weighted by molar-refractivity contribution is 6.36. The van der Waals surface area contributed by atoms with E-state index in [1.54, 1.807) is 0 Å². The number of hydrogen-bond donors (Lipinski definition) is 5. The van der Waals surface area contributed by atoms with Gasteiger partial charge in [0.1, 0.15) is 11.4 Å². The molecule has 16 heteroatoms. The number of fused-ring (bicyclic) bond motifs is 1. The Morgan fingerprint density at radius 1 is 1.10 bits per heavy atom. The van der Waals surface area contributed by atoms with Crippen LogP contribution in [-0.2, 0) is 12.5 Å². The summed E-state index contributed by atoms with van der Waals surface area (Å²) in [4.78, 5) is 34.3. The van der Waals surface area contributed by atoms with Crippen molar-refractivity contribution >= 4 is 45.7 Å². The second-order valence-corrected chi connectivity index (χ2v) is 9.12. The van der Waals surface area contributed by atoms with Crippen molar-refractivity contribution in [3.05, 3.63) is 85.6 Å². The monoisotopic (exact) mass is 600 g/mol. The number of anilines is 1. The normalized spacial score (nSPS) is 12.0. The first-order valence-electron chi connectivity index (χ1n) is 11.0. The van der Waals surface area contributed by atoms with E-state index in [1.165, 1.54) is 37.3 Å². The minimum Gasteiger partial charge on any atom is -0.504 e.